The van der Waals surface area contributed by atoms with Crippen LogP contribution < -0.4 is 10.1 Å². The topological polar surface area (TPSA) is 34.1 Å². The van der Waals surface area contributed by atoms with E-state index in [1.54, 1.807) is 6.20 Å². The number of thiazole rings is 1. The van der Waals surface area contributed by atoms with Gasteiger partial charge in [-0.1, -0.05) is 11.6 Å². The number of hydrogen-bond acceptors (Lipinski definition) is 4. The van der Waals surface area contributed by atoms with Gasteiger partial charge in [-0.25, -0.2) is 4.98 Å². The molecule has 0 spiro atoms. The number of rotatable bonds is 4. The second-order valence-electron chi connectivity index (χ2n) is 3.14. The van der Waals surface area contributed by atoms with Crippen LogP contribution in [0.15, 0.2) is 30.5 Å². The Balaban J connectivity index is 1.94. The predicted molar refractivity (Wildman–Crippen MR) is 67.4 cm³/mol. The Morgan fingerprint density at radius 3 is 2.69 bits per heavy atom. The third kappa shape index (κ3) is 2.87. The molecule has 0 amide bonds. The summed E-state index contributed by atoms with van der Waals surface area (Å²) in [6, 6.07) is 7.78. The van der Waals surface area contributed by atoms with E-state index in [0.717, 1.165) is 16.3 Å². The molecule has 0 saturated heterocycles. The van der Waals surface area contributed by atoms with Gasteiger partial charge in [0.15, 0.2) is 4.47 Å². The standard InChI is InChI=1S/C11H11ClN2OS/c1-13-8-2-4-9(5-3-8)15-7-10-6-14-11(12)16-10/h2-6,13H,7H2,1H3. The van der Waals surface area contributed by atoms with Gasteiger partial charge in [-0.3, -0.25) is 0 Å². The summed E-state index contributed by atoms with van der Waals surface area (Å²) in [6.07, 6.45) is 1.73. The van der Waals surface area contributed by atoms with Crippen molar-refractivity contribution in [2.75, 3.05) is 12.4 Å². The van der Waals surface area contributed by atoms with E-state index in [1.165, 1.54) is 11.3 Å². The summed E-state index contributed by atoms with van der Waals surface area (Å²) in [5, 5.41) is 3.05. The first-order chi connectivity index (χ1) is 7.78. The summed E-state index contributed by atoms with van der Waals surface area (Å²) in [5.41, 5.74) is 1.06. The number of nitrogens with zero attached hydrogens (tertiary/aromatic N) is 1. The average molecular weight is 255 g/mol. The minimum Gasteiger partial charge on any atom is -0.488 e. The number of halogens is 1. The highest BCUT2D eigenvalue weighted by Crippen LogP contribution is 2.21. The fraction of sp³-hybridized carbons (Fsp3) is 0.182. The van der Waals surface area contributed by atoms with E-state index >= 15 is 0 Å². The van der Waals surface area contributed by atoms with Crippen molar-refractivity contribution < 1.29 is 4.74 Å². The molecular formula is C11H11ClN2OS. The monoisotopic (exact) mass is 254 g/mol. The van der Waals surface area contributed by atoms with Crippen LogP contribution in [0, 0.1) is 0 Å². The molecular weight excluding hydrogens is 244 g/mol. The largest absolute Gasteiger partial charge is 0.488 e. The number of benzene rings is 1. The maximum Gasteiger partial charge on any atom is 0.183 e. The molecule has 16 heavy (non-hydrogen) atoms. The van der Waals surface area contributed by atoms with Gasteiger partial charge in [-0.05, 0) is 24.3 Å². The highest BCUT2D eigenvalue weighted by Gasteiger charge is 2.00. The Kier molecular flexibility index (Phi) is 3.64. The van der Waals surface area contributed by atoms with Crippen molar-refractivity contribution in [2.45, 2.75) is 6.61 Å². The molecule has 0 fully saturated rings. The van der Waals surface area contributed by atoms with E-state index in [9.17, 15) is 0 Å². The van der Waals surface area contributed by atoms with Gasteiger partial charge in [0.05, 0.1) is 4.88 Å². The average Bonchev–Trinajstić information content (AvgIpc) is 2.73. The highest BCUT2D eigenvalue weighted by molar-refractivity contribution is 7.15. The Hall–Kier alpha value is -1.26. The number of hydrogen-bond donors (Lipinski definition) is 1. The predicted octanol–water partition coefficient (Wildman–Crippen LogP) is 3.42. The molecule has 0 saturated carbocycles. The molecule has 1 aromatic carbocycles. The van der Waals surface area contributed by atoms with E-state index in [2.05, 4.69) is 10.3 Å². The van der Waals surface area contributed by atoms with Crippen molar-refractivity contribution in [2.24, 2.45) is 0 Å². The minimum absolute atomic E-state index is 0.503. The smallest absolute Gasteiger partial charge is 0.183 e. The van der Waals surface area contributed by atoms with Gasteiger partial charge in [0.2, 0.25) is 0 Å². The van der Waals surface area contributed by atoms with E-state index < -0.39 is 0 Å². The molecule has 0 radical (unpaired) electrons. The summed E-state index contributed by atoms with van der Waals surface area (Å²) in [7, 11) is 1.88. The molecule has 2 aromatic rings. The molecule has 5 heteroatoms. The lowest BCUT2D eigenvalue weighted by atomic mass is 10.3. The Morgan fingerprint density at radius 1 is 1.38 bits per heavy atom. The summed E-state index contributed by atoms with van der Waals surface area (Å²) in [6.45, 7) is 0.503. The van der Waals surface area contributed by atoms with Crippen LogP contribution in [0.1, 0.15) is 4.88 Å². The van der Waals surface area contributed by atoms with E-state index in [4.69, 9.17) is 16.3 Å². The molecule has 1 aromatic heterocycles. The molecule has 0 atom stereocenters. The molecule has 1 heterocycles. The number of nitrogens with one attached hydrogen (secondary N) is 1. The van der Waals surface area contributed by atoms with E-state index in [1.807, 2.05) is 31.3 Å². The van der Waals surface area contributed by atoms with Crippen LogP contribution in [-0.2, 0) is 6.61 Å². The van der Waals surface area contributed by atoms with Gasteiger partial charge in [0, 0.05) is 18.9 Å². The zero-order chi connectivity index (χ0) is 11.4. The Labute approximate surface area is 103 Å². The van der Waals surface area contributed by atoms with Gasteiger partial charge in [-0.15, -0.1) is 11.3 Å². The number of aromatic nitrogens is 1. The fourth-order valence-corrected chi connectivity index (χ4v) is 2.11. The van der Waals surface area contributed by atoms with Crippen molar-refractivity contribution >= 4 is 28.6 Å². The molecule has 1 N–H and O–H groups in total. The second kappa shape index (κ2) is 5.18. The van der Waals surface area contributed by atoms with Crippen molar-refractivity contribution in [3.63, 3.8) is 0 Å². The van der Waals surface area contributed by atoms with Crippen LogP contribution in [-0.4, -0.2) is 12.0 Å². The maximum absolute atomic E-state index is 5.73. The van der Waals surface area contributed by atoms with Crippen LogP contribution >= 0.6 is 22.9 Å². The first-order valence-electron chi connectivity index (χ1n) is 4.79. The summed E-state index contributed by atoms with van der Waals surface area (Å²) in [5.74, 6) is 0.837. The molecule has 0 unspecified atom stereocenters. The minimum atomic E-state index is 0.503. The first kappa shape index (κ1) is 11.2. The third-order valence-electron chi connectivity index (χ3n) is 2.05. The molecule has 3 nitrogen and oxygen atoms in total. The normalized spacial score (nSPS) is 10.1. The molecule has 2 rings (SSSR count). The molecule has 0 bridgehead atoms. The SMILES string of the molecule is CNc1ccc(OCc2cnc(Cl)s2)cc1. The summed E-state index contributed by atoms with van der Waals surface area (Å²) < 4.78 is 6.13. The van der Waals surface area contributed by atoms with Crippen LogP contribution in [0.4, 0.5) is 5.69 Å². The Morgan fingerprint density at radius 2 is 2.12 bits per heavy atom. The molecule has 0 aliphatic carbocycles. The third-order valence-corrected chi connectivity index (χ3v) is 3.14. The van der Waals surface area contributed by atoms with Gasteiger partial charge >= 0.3 is 0 Å². The van der Waals surface area contributed by atoms with Crippen LogP contribution in [0.25, 0.3) is 0 Å². The lowest BCUT2D eigenvalue weighted by Gasteiger charge is -2.05. The molecule has 0 aliphatic heterocycles. The lowest BCUT2D eigenvalue weighted by Crippen LogP contribution is -1.93. The maximum atomic E-state index is 5.73. The zero-order valence-electron chi connectivity index (χ0n) is 8.74. The number of ether oxygens (including phenoxy) is 1. The second-order valence-corrected chi connectivity index (χ2v) is 4.84. The van der Waals surface area contributed by atoms with Crippen LogP contribution in [0.2, 0.25) is 4.47 Å². The van der Waals surface area contributed by atoms with Crippen molar-refractivity contribution in [3.05, 3.63) is 39.8 Å². The van der Waals surface area contributed by atoms with Crippen molar-refractivity contribution in [3.8, 4) is 5.75 Å². The van der Waals surface area contributed by atoms with Gasteiger partial charge in [0.25, 0.3) is 0 Å². The quantitative estimate of drug-likeness (QED) is 0.908. The zero-order valence-corrected chi connectivity index (χ0v) is 10.3. The van der Waals surface area contributed by atoms with E-state index in [-0.39, 0.29) is 0 Å². The van der Waals surface area contributed by atoms with Crippen LogP contribution in [0.5, 0.6) is 5.75 Å². The first-order valence-corrected chi connectivity index (χ1v) is 5.98. The number of anilines is 1. The van der Waals surface area contributed by atoms with Gasteiger partial charge in [-0.2, -0.15) is 0 Å². The van der Waals surface area contributed by atoms with Gasteiger partial charge in [0.1, 0.15) is 12.4 Å². The fourth-order valence-electron chi connectivity index (χ4n) is 1.22. The highest BCUT2D eigenvalue weighted by atomic mass is 35.5. The Bertz CT molecular complexity index is 455. The van der Waals surface area contributed by atoms with E-state index in [0.29, 0.717) is 11.1 Å². The van der Waals surface area contributed by atoms with Gasteiger partial charge < -0.3 is 10.1 Å². The summed E-state index contributed by atoms with van der Waals surface area (Å²) in [4.78, 5) is 4.97. The molecule has 84 valence electrons. The van der Waals surface area contributed by atoms with Crippen LogP contribution in [0.3, 0.4) is 0 Å². The van der Waals surface area contributed by atoms with Crippen molar-refractivity contribution in [1.29, 1.82) is 0 Å². The van der Waals surface area contributed by atoms with Crippen molar-refractivity contribution in [1.82, 2.24) is 4.98 Å². The summed E-state index contributed by atoms with van der Waals surface area (Å²) >= 11 is 7.16. The molecule has 0 aliphatic rings. The lowest BCUT2D eigenvalue weighted by molar-refractivity contribution is 0.309.